The minimum Gasteiger partial charge on any atom is -0.461 e. The summed E-state index contributed by atoms with van der Waals surface area (Å²) in [6, 6.07) is 33.0. The standard InChI is InChI=1S/C79H114N2O15/c1-4-7-9-11-13-15-17-19-21-23-36-47-70(83)81-75-77(96-72(85)48-38-24-22-20-18-16-14-12-10-8-5-2)76(88)68(95-79(75)94-66(55-73(86)91-58-64-42-32-26-33-43-64)56-74(87)92-59-65-44-34-27-35-45-65)60-93-78(89)67(53-54-71(84)90-57-63-40-30-25-31-41-63)80-69(82)46-37-28-29-39-62-51-49-61(6-3)50-52-62/h25-27,30-35,40-45,49-52,66-68,75-77,79,88H,4-24,28-29,36-39,46-48,53-60H2,1-3H3,(H,80,82)(H,81,83)/t67-,68-,75-,76-,77-,79+/m1/s1. The van der Waals surface area contributed by atoms with E-state index in [0.717, 1.165) is 93.7 Å². The molecule has 0 unspecified atom stereocenters. The molecule has 0 saturated carbocycles. The van der Waals surface area contributed by atoms with E-state index in [1.807, 2.05) is 66.7 Å². The van der Waals surface area contributed by atoms with Crippen molar-refractivity contribution < 1.29 is 71.8 Å². The molecular weight excluding hydrogens is 1220 g/mol. The fraction of sp³-hybridized carbons (Fsp3) is 0.608. The molecule has 0 radical (unpaired) electrons. The fourth-order valence-corrected chi connectivity index (χ4v) is 11.7. The number of aliphatic hydroxyl groups excluding tert-OH is 1. The van der Waals surface area contributed by atoms with E-state index in [0.29, 0.717) is 19.3 Å². The quantitative estimate of drug-likeness (QED) is 0.0212. The number of carbonyl (C=O) groups is 7. The summed E-state index contributed by atoms with van der Waals surface area (Å²) in [4.78, 5) is 97.4. The minimum absolute atomic E-state index is 0.000491. The van der Waals surface area contributed by atoms with Gasteiger partial charge in [0.2, 0.25) is 11.8 Å². The lowest BCUT2D eigenvalue weighted by atomic mass is 9.95. The van der Waals surface area contributed by atoms with E-state index in [4.69, 9.17) is 33.2 Å². The molecule has 0 aromatic heterocycles. The van der Waals surface area contributed by atoms with Crippen LogP contribution in [0, 0.1) is 0 Å². The van der Waals surface area contributed by atoms with Gasteiger partial charge < -0.3 is 48.9 Å². The second-order valence-electron chi connectivity index (χ2n) is 25.8. The van der Waals surface area contributed by atoms with Crippen LogP contribution in [0.5, 0.6) is 0 Å². The van der Waals surface area contributed by atoms with Crippen LogP contribution in [-0.2, 0) is 99.4 Å². The summed E-state index contributed by atoms with van der Waals surface area (Å²) < 4.78 is 42.3. The molecule has 2 amide bonds. The van der Waals surface area contributed by atoms with Gasteiger partial charge in [-0.15, -0.1) is 0 Å². The van der Waals surface area contributed by atoms with E-state index in [-0.39, 0.29) is 51.9 Å². The maximum atomic E-state index is 14.4. The molecule has 1 heterocycles. The number of esters is 5. The number of amides is 2. The van der Waals surface area contributed by atoms with Gasteiger partial charge in [0, 0.05) is 25.7 Å². The number of hydrogen-bond acceptors (Lipinski definition) is 15. The van der Waals surface area contributed by atoms with E-state index in [1.165, 1.54) is 88.2 Å². The smallest absolute Gasteiger partial charge is 0.328 e. The molecule has 1 aliphatic rings. The Morgan fingerprint density at radius 3 is 1.35 bits per heavy atom. The van der Waals surface area contributed by atoms with E-state index < -0.39 is 104 Å². The largest absolute Gasteiger partial charge is 0.461 e. The Hall–Kier alpha value is -6.95. The molecule has 0 spiro atoms. The molecule has 6 atom stereocenters. The highest BCUT2D eigenvalue weighted by molar-refractivity contribution is 5.85. The minimum atomic E-state index is -1.76. The molecule has 1 saturated heterocycles. The van der Waals surface area contributed by atoms with Gasteiger partial charge in [0.15, 0.2) is 12.4 Å². The molecule has 0 aliphatic carbocycles. The molecule has 4 aromatic rings. The number of unbranched alkanes of at least 4 members (excludes halogenated alkanes) is 22. The Morgan fingerprint density at radius 2 is 0.875 bits per heavy atom. The van der Waals surface area contributed by atoms with Crippen LogP contribution in [0.3, 0.4) is 0 Å². The van der Waals surface area contributed by atoms with Gasteiger partial charge in [-0.3, -0.25) is 28.8 Å². The molecule has 4 aromatic carbocycles. The highest BCUT2D eigenvalue weighted by Crippen LogP contribution is 2.29. The number of ether oxygens (including phenoxy) is 7. The van der Waals surface area contributed by atoms with E-state index in [9.17, 15) is 38.7 Å². The third kappa shape index (κ3) is 34.8. The fourth-order valence-electron chi connectivity index (χ4n) is 11.7. The van der Waals surface area contributed by atoms with Crippen molar-refractivity contribution in [3.05, 3.63) is 143 Å². The predicted molar refractivity (Wildman–Crippen MR) is 372 cm³/mol. The molecular formula is C79H114N2O15. The van der Waals surface area contributed by atoms with Gasteiger partial charge in [0.1, 0.15) is 50.7 Å². The molecule has 96 heavy (non-hydrogen) atoms. The molecule has 530 valence electrons. The van der Waals surface area contributed by atoms with Crippen LogP contribution in [0.25, 0.3) is 0 Å². The molecule has 17 nitrogen and oxygen atoms in total. The highest BCUT2D eigenvalue weighted by atomic mass is 16.7. The Balaban J connectivity index is 1.39. The third-order valence-electron chi connectivity index (χ3n) is 17.6. The second kappa shape index (κ2) is 49.5. The summed E-state index contributed by atoms with van der Waals surface area (Å²) in [5.41, 5.74) is 4.67. The first kappa shape index (κ1) is 79.7. The highest BCUT2D eigenvalue weighted by Gasteiger charge is 2.50. The lowest BCUT2D eigenvalue weighted by Crippen LogP contribution is -2.66. The number of aliphatic hydroxyl groups is 1. The first-order chi connectivity index (χ1) is 46.8. The summed E-state index contributed by atoms with van der Waals surface area (Å²) >= 11 is 0. The maximum Gasteiger partial charge on any atom is 0.328 e. The van der Waals surface area contributed by atoms with Crippen molar-refractivity contribution in [2.45, 2.75) is 302 Å². The van der Waals surface area contributed by atoms with Gasteiger partial charge in [-0.25, -0.2) is 4.79 Å². The van der Waals surface area contributed by atoms with Gasteiger partial charge >= 0.3 is 29.8 Å². The van der Waals surface area contributed by atoms with Gasteiger partial charge in [-0.05, 0) is 72.8 Å². The van der Waals surface area contributed by atoms with Crippen LogP contribution in [0.15, 0.2) is 115 Å². The lowest BCUT2D eigenvalue weighted by molar-refractivity contribution is -0.286. The molecule has 0 bridgehead atoms. The Kier molecular flexibility index (Phi) is 41.1. The summed E-state index contributed by atoms with van der Waals surface area (Å²) in [6.45, 7) is 5.68. The summed E-state index contributed by atoms with van der Waals surface area (Å²) in [7, 11) is 0. The van der Waals surface area contributed by atoms with Crippen LogP contribution in [0.1, 0.15) is 254 Å². The van der Waals surface area contributed by atoms with Crippen molar-refractivity contribution in [2.24, 2.45) is 0 Å². The predicted octanol–water partition coefficient (Wildman–Crippen LogP) is 15.4. The van der Waals surface area contributed by atoms with E-state index in [2.05, 4.69) is 55.7 Å². The number of nitrogens with one attached hydrogen (secondary N) is 2. The van der Waals surface area contributed by atoms with Crippen molar-refractivity contribution in [3.8, 4) is 0 Å². The number of hydrogen-bond donors (Lipinski definition) is 3. The average molecular weight is 1330 g/mol. The normalized spacial score (nSPS) is 16.3. The van der Waals surface area contributed by atoms with E-state index >= 15 is 0 Å². The number of benzene rings is 4. The first-order valence-corrected chi connectivity index (χ1v) is 36.4. The SMILES string of the molecule is CCCCCCCCCCCCCC(=O)N[C@H]1[C@@H](OC(CC(=O)OCc2ccccc2)CC(=O)OCc2ccccc2)O[C@H](COC(=O)[C@@H](CCC(=O)OCc2ccccc2)NC(=O)CCCCCc2ccc(CC)cc2)[C@@H](O)[C@@H]1OC(=O)CCCCCCCCCCCCC. The summed E-state index contributed by atoms with van der Waals surface area (Å²) in [5, 5.41) is 18.2. The van der Waals surface area contributed by atoms with Crippen molar-refractivity contribution >= 4 is 41.7 Å². The zero-order chi connectivity index (χ0) is 68.6. The number of aryl methyl sites for hydroxylation is 2. The molecule has 1 fully saturated rings. The first-order valence-electron chi connectivity index (χ1n) is 36.4. The Bertz CT molecular complexity index is 2710. The molecule has 3 N–H and O–H groups in total. The summed E-state index contributed by atoms with van der Waals surface area (Å²) in [5.74, 6) is -4.56. The van der Waals surface area contributed by atoms with Crippen LogP contribution in [-0.4, -0.2) is 96.2 Å². The van der Waals surface area contributed by atoms with Gasteiger partial charge in [-0.1, -0.05) is 271 Å². The van der Waals surface area contributed by atoms with Crippen LogP contribution in [0.2, 0.25) is 0 Å². The molecule has 17 heteroatoms. The second-order valence-corrected chi connectivity index (χ2v) is 25.8. The van der Waals surface area contributed by atoms with E-state index in [1.54, 1.807) is 24.3 Å². The molecule has 5 rings (SSSR count). The van der Waals surface area contributed by atoms with Crippen LogP contribution >= 0.6 is 0 Å². The van der Waals surface area contributed by atoms with Crippen LogP contribution < -0.4 is 10.6 Å². The number of rotatable bonds is 52. The summed E-state index contributed by atoms with van der Waals surface area (Å²) in [6.07, 6.45) is 18.3. The average Bonchev–Trinajstić information content (AvgIpc) is 0.792. The van der Waals surface area contributed by atoms with Crippen molar-refractivity contribution in [1.82, 2.24) is 10.6 Å². The van der Waals surface area contributed by atoms with Gasteiger partial charge in [0.25, 0.3) is 0 Å². The topological polar surface area (TPSA) is 228 Å². The Labute approximate surface area is 572 Å². The van der Waals surface area contributed by atoms with Crippen molar-refractivity contribution in [3.63, 3.8) is 0 Å². The van der Waals surface area contributed by atoms with Gasteiger partial charge in [0.05, 0.1) is 18.9 Å². The maximum absolute atomic E-state index is 14.4. The molecule has 1 aliphatic heterocycles. The zero-order valence-corrected chi connectivity index (χ0v) is 58.0. The zero-order valence-electron chi connectivity index (χ0n) is 58.0. The lowest BCUT2D eigenvalue weighted by Gasteiger charge is -2.44. The van der Waals surface area contributed by atoms with Gasteiger partial charge in [-0.2, -0.15) is 0 Å². The van der Waals surface area contributed by atoms with Crippen molar-refractivity contribution in [1.29, 1.82) is 0 Å². The van der Waals surface area contributed by atoms with Crippen molar-refractivity contribution in [2.75, 3.05) is 6.61 Å². The van der Waals surface area contributed by atoms with Crippen LogP contribution in [0.4, 0.5) is 0 Å². The monoisotopic (exact) mass is 1330 g/mol. The number of carbonyl (C=O) groups excluding carboxylic acids is 7. The Morgan fingerprint density at radius 1 is 0.448 bits per heavy atom. The third-order valence-corrected chi connectivity index (χ3v) is 17.6.